The van der Waals surface area contributed by atoms with Crippen LogP contribution in [0.5, 0.6) is 0 Å². The molecule has 2 atom stereocenters. The van der Waals surface area contributed by atoms with Crippen LogP contribution in [0.15, 0.2) is 0 Å². The molecule has 1 saturated heterocycles. The van der Waals surface area contributed by atoms with Gasteiger partial charge in [0.05, 0.1) is 12.2 Å². The summed E-state index contributed by atoms with van der Waals surface area (Å²) in [5, 5.41) is 0. The van der Waals surface area contributed by atoms with E-state index in [-0.39, 0.29) is 17.7 Å². The van der Waals surface area contributed by atoms with E-state index in [0.29, 0.717) is 0 Å². The molecule has 0 N–H and O–H groups in total. The minimum Gasteiger partial charge on any atom is -0.377 e. The number of nitrogens with zero attached hydrogens (tertiary/aromatic N) is 1. The lowest BCUT2D eigenvalue weighted by Crippen LogP contribution is -2.40. The van der Waals surface area contributed by atoms with Gasteiger partial charge in [-0.15, -0.1) is 0 Å². The molecule has 13 heavy (non-hydrogen) atoms. The molecule has 0 saturated carbocycles. The molecule has 1 aliphatic rings. The molecule has 0 bridgehead atoms. The molecular weight excluding hydrogens is 166 g/mol. The van der Waals surface area contributed by atoms with Crippen molar-refractivity contribution in [2.75, 3.05) is 27.3 Å². The monoisotopic (exact) mass is 187 g/mol. The van der Waals surface area contributed by atoms with Crippen molar-refractivity contribution in [2.24, 2.45) is 0 Å². The lowest BCUT2D eigenvalue weighted by Gasteiger charge is -2.31. The van der Waals surface area contributed by atoms with Crippen molar-refractivity contribution >= 4 is 0 Å². The van der Waals surface area contributed by atoms with E-state index in [4.69, 9.17) is 9.47 Å². The molecule has 0 aromatic rings. The van der Waals surface area contributed by atoms with Crippen molar-refractivity contribution in [2.45, 2.75) is 38.5 Å². The Morgan fingerprint density at radius 3 is 1.62 bits per heavy atom. The lowest BCUT2D eigenvalue weighted by molar-refractivity contribution is -0.00461. The summed E-state index contributed by atoms with van der Waals surface area (Å²) >= 11 is 0. The van der Waals surface area contributed by atoms with Crippen LogP contribution in [0.1, 0.15) is 20.8 Å². The highest BCUT2D eigenvalue weighted by atomic mass is 16.5. The van der Waals surface area contributed by atoms with Gasteiger partial charge >= 0.3 is 0 Å². The number of hydrogen-bond donors (Lipinski definition) is 0. The lowest BCUT2D eigenvalue weighted by atomic mass is 10.1. The Kier molecular flexibility index (Phi) is 3.33. The fraction of sp³-hybridized carbons (Fsp3) is 1.00. The van der Waals surface area contributed by atoms with Crippen molar-refractivity contribution in [3.63, 3.8) is 0 Å². The first-order valence-electron chi connectivity index (χ1n) is 4.79. The average Bonchev–Trinajstić information content (AvgIpc) is 2.45. The standard InChI is InChI=1S/C10H21NO2/c1-10(2,3)11-6-8(12-4)9(7-11)13-5/h8-9H,6-7H2,1-5H3/t8-,9-/m1/s1. The van der Waals surface area contributed by atoms with E-state index in [2.05, 4.69) is 25.7 Å². The molecule has 78 valence electrons. The third-order valence-electron chi connectivity index (χ3n) is 2.77. The van der Waals surface area contributed by atoms with Gasteiger partial charge in [0.15, 0.2) is 0 Å². The third kappa shape index (κ3) is 2.42. The molecule has 3 heteroatoms. The predicted molar refractivity (Wildman–Crippen MR) is 52.9 cm³/mol. The number of methoxy groups -OCH3 is 2. The van der Waals surface area contributed by atoms with E-state index in [9.17, 15) is 0 Å². The second kappa shape index (κ2) is 3.95. The summed E-state index contributed by atoms with van der Waals surface area (Å²) in [6, 6.07) is 0. The first-order chi connectivity index (χ1) is 5.99. The van der Waals surface area contributed by atoms with Crippen molar-refractivity contribution < 1.29 is 9.47 Å². The SMILES string of the molecule is CO[C@@H]1CN(C(C)(C)C)C[C@H]1OC. The van der Waals surface area contributed by atoms with Crippen LogP contribution in [0.2, 0.25) is 0 Å². The molecule has 0 aliphatic carbocycles. The Morgan fingerprint density at radius 1 is 1.00 bits per heavy atom. The molecule has 0 radical (unpaired) electrons. The van der Waals surface area contributed by atoms with Gasteiger partial charge < -0.3 is 9.47 Å². The molecule has 1 aliphatic heterocycles. The third-order valence-corrected chi connectivity index (χ3v) is 2.77. The van der Waals surface area contributed by atoms with Crippen molar-refractivity contribution in [1.29, 1.82) is 0 Å². The van der Waals surface area contributed by atoms with E-state index in [1.807, 2.05) is 0 Å². The maximum Gasteiger partial charge on any atom is 0.0972 e. The molecule has 0 aromatic heterocycles. The molecule has 1 heterocycles. The van der Waals surface area contributed by atoms with Crippen LogP contribution in [0.3, 0.4) is 0 Å². The zero-order valence-corrected chi connectivity index (χ0v) is 9.33. The van der Waals surface area contributed by atoms with Crippen LogP contribution in [0.4, 0.5) is 0 Å². The number of hydrogen-bond acceptors (Lipinski definition) is 3. The molecular formula is C10H21NO2. The minimum absolute atomic E-state index is 0.212. The Morgan fingerprint density at radius 2 is 1.38 bits per heavy atom. The fourth-order valence-corrected chi connectivity index (χ4v) is 1.74. The summed E-state index contributed by atoms with van der Waals surface area (Å²) in [5.74, 6) is 0. The van der Waals surface area contributed by atoms with Gasteiger partial charge in [0.25, 0.3) is 0 Å². The minimum atomic E-state index is 0.212. The van der Waals surface area contributed by atoms with E-state index in [0.717, 1.165) is 13.1 Å². The van der Waals surface area contributed by atoms with Crippen molar-refractivity contribution in [1.82, 2.24) is 4.90 Å². The van der Waals surface area contributed by atoms with Gasteiger partial charge in [-0.25, -0.2) is 0 Å². The smallest absolute Gasteiger partial charge is 0.0972 e. The molecule has 1 rings (SSSR count). The topological polar surface area (TPSA) is 21.7 Å². The summed E-state index contributed by atoms with van der Waals surface area (Å²) in [5.41, 5.74) is 0.212. The number of rotatable bonds is 2. The van der Waals surface area contributed by atoms with Gasteiger partial charge in [-0.05, 0) is 20.8 Å². The highest BCUT2D eigenvalue weighted by molar-refractivity contribution is 4.91. The Hall–Kier alpha value is -0.120. The molecule has 3 nitrogen and oxygen atoms in total. The van der Waals surface area contributed by atoms with Crippen LogP contribution in [0.25, 0.3) is 0 Å². The fourth-order valence-electron chi connectivity index (χ4n) is 1.74. The molecule has 1 fully saturated rings. The largest absolute Gasteiger partial charge is 0.377 e. The normalized spacial score (nSPS) is 31.2. The van der Waals surface area contributed by atoms with Gasteiger partial charge in [0, 0.05) is 32.8 Å². The van der Waals surface area contributed by atoms with Gasteiger partial charge in [-0.1, -0.05) is 0 Å². The maximum atomic E-state index is 5.37. The average molecular weight is 187 g/mol. The van der Waals surface area contributed by atoms with E-state index < -0.39 is 0 Å². The summed E-state index contributed by atoms with van der Waals surface area (Å²) in [6.07, 6.45) is 0.452. The first kappa shape index (κ1) is 11.0. The predicted octanol–water partition coefficient (Wildman–Crippen LogP) is 1.13. The van der Waals surface area contributed by atoms with Crippen molar-refractivity contribution in [3.05, 3.63) is 0 Å². The zero-order valence-electron chi connectivity index (χ0n) is 9.33. The quantitative estimate of drug-likeness (QED) is 0.647. The van der Waals surface area contributed by atoms with E-state index >= 15 is 0 Å². The van der Waals surface area contributed by atoms with Gasteiger partial charge in [0.1, 0.15) is 0 Å². The number of likely N-dealkylation sites (tertiary alicyclic amines) is 1. The Labute approximate surface area is 81.0 Å². The highest BCUT2D eigenvalue weighted by Crippen LogP contribution is 2.23. The van der Waals surface area contributed by atoms with E-state index in [1.165, 1.54) is 0 Å². The Bertz CT molecular complexity index is 153. The van der Waals surface area contributed by atoms with Crippen LogP contribution in [-0.4, -0.2) is 50.0 Å². The van der Waals surface area contributed by atoms with Crippen LogP contribution in [0, 0.1) is 0 Å². The number of ether oxygens (including phenoxy) is 2. The van der Waals surface area contributed by atoms with E-state index in [1.54, 1.807) is 14.2 Å². The second-order valence-corrected chi connectivity index (χ2v) is 4.62. The van der Waals surface area contributed by atoms with Crippen LogP contribution < -0.4 is 0 Å². The zero-order chi connectivity index (χ0) is 10.1. The molecule has 0 aromatic carbocycles. The molecule has 0 unspecified atom stereocenters. The Balaban J connectivity index is 2.58. The summed E-state index contributed by atoms with van der Waals surface area (Å²) in [7, 11) is 3.51. The van der Waals surface area contributed by atoms with Gasteiger partial charge in [-0.3, -0.25) is 4.90 Å². The molecule has 0 amide bonds. The second-order valence-electron chi connectivity index (χ2n) is 4.62. The van der Waals surface area contributed by atoms with Crippen LogP contribution >= 0.6 is 0 Å². The first-order valence-corrected chi connectivity index (χ1v) is 4.79. The summed E-state index contributed by atoms with van der Waals surface area (Å²) < 4.78 is 10.7. The maximum absolute atomic E-state index is 5.37. The van der Waals surface area contributed by atoms with Crippen LogP contribution in [-0.2, 0) is 9.47 Å². The molecule has 0 spiro atoms. The van der Waals surface area contributed by atoms with Gasteiger partial charge in [-0.2, -0.15) is 0 Å². The van der Waals surface area contributed by atoms with Crippen molar-refractivity contribution in [3.8, 4) is 0 Å². The summed E-state index contributed by atoms with van der Waals surface area (Å²) in [4.78, 5) is 2.40. The summed E-state index contributed by atoms with van der Waals surface area (Å²) in [6.45, 7) is 8.60. The highest BCUT2D eigenvalue weighted by Gasteiger charge is 2.37. The van der Waals surface area contributed by atoms with Gasteiger partial charge in [0.2, 0.25) is 0 Å².